The number of rotatable bonds is 6. The van der Waals surface area contributed by atoms with Crippen LogP contribution in [0.1, 0.15) is 32.3 Å². The Morgan fingerprint density at radius 2 is 1.94 bits per heavy atom. The Kier molecular flexibility index (Phi) is 4.16. The van der Waals surface area contributed by atoms with Crippen molar-refractivity contribution in [2.75, 3.05) is 6.54 Å². The zero-order chi connectivity index (χ0) is 12.3. The standard InChI is InChI=1S/C15H22FN/c1-11(12(2)10-17-14-7-8-14)9-13-5-3-4-6-15(13)16/h3-6,11-12,14,17H,7-10H2,1-2H3. The lowest BCUT2D eigenvalue weighted by Crippen LogP contribution is -2.27. The predicted octanol–water partition coefficient (Wildman–Crippen LogP) is 3.39. The second-order valence-corrected chi connectivity index (χ2v) is 5.43. The minimum atomic E-state index is -0.0679. The molecular formula is C15H22FN. The van der Waals surface area contributed by atoms with Gasteiger partial charge in [-0.2, -0.15) is 0 Å². The van der Waals surface area contributed by atoms with Crippen LogP contribution >= 0.6 is 0 Å². The molecule has 1 saturated carbocycles. The van der Waals surface area contributed by atoms with E-state index < -0.39 is 0 Å². The highest BCUT2D eigenvalue weighted by atomic mass is 19.1. The number of benzene rings is 1. The van der Waals surface area contributed by atoms with Gasteiger partial charge in [0.25, 0.3) is 0 Å². The van der Waals surface area contributed by atoms with Gasteiger partial charge < -0.3 is 5.32 Å². The lowest BCUT2D eigenvalue weighted by atomic mass is 9.89. The molecule has 1 aromatic carbocycles. The van der Waals surface area contributed by atoms with Gasteiger partial charge in [-0.15, -0.1) is 0 Å². The van der Waals surface area contributed by atoms with Crippen LogP contribution in [0.25, 0.3) is 0 Å². The molecule has 1 aliphatic rings. The van der Waals surface area contributed by atoms with Gasteiger partial charge in [0.05, 0.1) is 0 Å². The molecule has 2 rings (SSSR count). The lowest BCUT2D eigenvalue weighted by molar-refractivity contribution is 0.360. The van der Waals surface area contributed by atoms with Crippen molar-refractivity contribution in [1.29, 1.82) is 0 Å². The number of nitrogens with one attached hydrogen (secondary N) is 1. The third-order valence-corrected chi connectivity index (χ3v) is 3.78. The molecule has 0 heterocycles. The van der Waals surface area contributed by atoms with Crippen molar-refractivity contribution < 1.29 is 4.39 Å². The van der Waals surface area contributed by atoms with Crippen molar-refractivity contribution in [1.82, 2.24) is 5.32 Å². The van der Waals surface area contributed by atoms with Crippen LogP contribution in [0.15, 0.2) is 24.3 Å². The van der Waals surface area contributed by atoms with E-state index in [1.54, 1.807) is 12.1 Å². The summed E-state index contributed by atoms with van der Waals surface area (Å²) in [5.41, 5.74) is 0.846. The maximum Gasteiger partial charge on any atom is 0.126 e. The summed E-state index contributed by atoms with van der Waals surface area (Å²) in [7, 11) is 0. The molecule has 1 N–H and O–H groups in total. The largest absolute Gasteiger partial charge is 0.314 e. The smallest absolute Gasteiger partial charge is 0.126 e. The quantitative estimate of drug-likeness (QED) is 0.797. The molecule has 0 aliphatic heterocycles. The molecule has 0 aromatic heterocycles. The second-order valence-electron chi connectivity index (χ2n) is 5.43. The molecule has 1 aliphatic carbocycles. The zero-order valence-corrected chi connectivity index (χ0v) is 10.7. The highest BCUT2D eigenvalue weighted by Crippen LogP contribution is 2.22. The van der Waals surface area contributed by atoms with Crippen molar-refractivity contribution in [2.45, 2.75) is 39.2 Å². The van der Waals surface area contributed by atoms with Crippen LogP contribution in [-0.4, -0.2) is 12.6 Å². The van der Waals surface area contributed by atoms with Crippen LogP contribution in [0.3, 0.4) is 0 Å². The molecule has 1 aromatic rings. The fraction of sp³-hybridized carbons (Fsp3) is 0.600. The Morgan fingerprint density at radius 3 is 2.59 bits per heavy atom. The van der Waals surface area contributed by atoms with Gasteiger partial charge in [-0.05, 0) is 49.3 Å². The van der Waals surface area contributed by atoms with E-state index >= 15 is 0 Å². The molecule has 0 amide bonds. The summed E-state index contributed by atoms with van der Waals surface area (Å²) in [5, 5.41) is 3.54. The lowest BCUT2D eigenvalue weighted by Gasteiger charge is -2.20. The van der Waals surface area contributed by atoms with Gasteiger partial charge in [0.2, 0.25) is 0 Å². The van der Waals surface area contributed by atoms with E-state index in [1.807, 2.05) is 12.1 Å². The van der Waals surface area contributed by atoms with Gasteiger partial charge in [0.15, 0.2) is 0 Å². The Labute approximate surface area is 103 Å². The third-order valence-electron chi connectivity index (χ3n) is 3.78. The van der Waals surface area contributed by atoms with Crippen LogP contribution in [0.2, 0.25) is 0 Å². The summed E-state index contributed by atoms with van der Waals surface area (Å²) < 4.78 is 13.5. The summed E-state index contributed by atoms with van der Waals surface area (Å²) in [6.07, 6.45) is 3.49. The molecule has 2 unspecified atom stereocenters. The van der Waals surface area contributed by atoms with E-state index in [-0.39, 0.29) is 5.82 Å². The Hall–Kier alpha value is -0.890. The molecule has 17 heavy (non-hydrogen) atoms. The molecule has 1 fully saturated rings. The van der Waals surface area contributed by atoms with Gasteiger partial charge >= 0.3 is 0 Å². The Balaban J connectivity index is 1.82. The number of halogens is 1. The van der Waals surface area contributed by atoms with E-state index in [0.717, 1.165) is 24.6 Å². The van der Waals surface area contributed by atoms with Gasteiger partial charge in [0.1, 0.15) is 5.82 Å². The molecule has 0 radical (unpaired) electrons. The molecule has 0 spiro atoms. The second kappa shape index (κ2) is 5.63. The van der Waals surface area contributed by atoms with Crippen LogP contribution in [-0.2, 0) is 6.42 Å². The van der Waals surface area contributed by atoms with Crippen LogP contribution in [0.4, 0.5) is 4.39 Å². The van der Waals surface area contributed by atoms with Crippen LogP contribution in [0, 0.1) is 17.7 Å². The fourth-order valence-electron chi connectivity index (χ4n) is 2.05. The van der Waals surface area contributed by atoms with Gasteiger partial charge in [0, 0.05) is 6.04 Å². The normalized spacial score (nSPS) is 19.0. The molecule has 2 atom stereocenters. The van der Waals surface area contributed by atoms with E-state index in [1.165, 1.54) is 12.8 Å². The summed E-state index contributed by atoms with van der Waals surface area (Å²) in [4.78, 5) is 0. The molecule has 94 valence electrons. The Morgan fingerprint density at radius 1 is 1.24 bits per heavy atom. The van der Waals surface area contributed by atoms with Gasteiger partial charge in [-0.3, -0.25) is 0 Å². The maximum atomic E-state index is 13.5. The van der Waals surface area contributed by atoms with Gasteiger partial charge in [-0.1, -0.05) is 32.0 Å². The van der Waals surface area contributed by atoms with E-state index in [2.05, 4.69) is 19.2 Å². The highest BCUT2D eigenvalue weighted by Gasteiger charge is 2.22. The summed E-state index contributed by atoms with van der Waals surface area (Å²) in [6, 6.07) is 7.88. The first kappa shape index (κ1) is 12.6. The minimum Gasteiger partial charge on any atom is -0.314 e. The van der Waals surface area contributed by atoms with E-state index in [0.29, 0.717) is 11.8 Å². The van der Waals surface area contributed by atoms with Gasteiger partial charge in [-0.25, -0.2) is 4.39 Å². The topological polar surface area (TPSA) is 12.0 Å². The minimum absolute atomic E-state index is 0.0679. The first-order valence-corrected chi connectivity index (χ1v) is 6.63. The molecule has 2 heteroatoms. The third kappa shape index (κ3) is 3.81. The maximum absolute atomic E-state index is 13.5. The van der Waals surface area contributed by atoms with Crippen molar-refractivity contribution in [2.24, 2.45) is 11.8 Å². The number of hydrogen-bond acceptors (Lipinski definition) is 1. The average Bonchev–Trinajstić information content (AvgIpc) is 3.13. The summed E-state index contributed by atoms with van der Waals surface area (Å²) in [6.45, 7) is 5.52. The first-order chi connectivity index (χ1) is 8.16. The average molecular weight is 235 g/mol. The van der Waals surface area contributed by atoms with Crippen LogP contribution < -0.4 is 5.32 Å². The van der Waals surface area contributed by atoms with Crippen LogP contribution in [0.5, 0.6) is 0 Å². The predicted molar refractivity (Wildman–Crippen MR) is 69.5 cm³/mol. The van der Waals surface area contributed by atoms with Crippen molar-refractivity contribution in [3.8, 4) is 0 Å². The fourth-order valence-corrected chi connectivity index (χ4v) is 2.05. The van der Waals surface area contributed by atoms with Crippen molar-refractivity contribution in [3.63, 3.8) is 0 Å². The Bertz CT molecular complexity index is 360. The number of hydrogen-bond donors (Lipinski definition) is 1. The molecule has 0 saturated heterocycles. The summed E-state index contributed by atoms with van der Waals surface area (Å²) >= 11 is 0. The molecular weight excluding hydrogens is 213 g/mol. The van der Waals surface area contributed by atoms with E-state index in [9.17, 15) is 4.39 Å². The molecule has 0 bridgehead atoms. The summed E-state index contributed by atoms with van der Waals surface area (Å²) in [5.74, 6) is 1.04. The van der Waals surface area contributed by atoms with Crippen molar-refractivity contribution in [3.05, 3.63) is 35.6 Å². The van der Waals surface area contributed by atoms with Crippen molar-refractivity contribution >= 4 is 0 Å². The first-order valence-electron chi connectivity index (χ1n) is 6.63. The molecule has 1 nitrogen and oxygen atoms in total. The van der Waals surface area contributed by atoms with E-state index in [4.69, 9.17) is 0 Å². The monoisotopic (exact) mass is 235 g/mol. The zero-order valence-electron chi connectivity index (χ0n) is 10.7. The SMILES string of the molecule is CC(CNC1CC1)C(C)Cc1ccccc1F. The highest BCUT2D eigenvalue weighted by molar-refractivity contribution is 5.17.